The maximum Gasteiger partial charge on any atom is 0.0267 e. The van der Waals surface area contributed by atoms with Crippen LogP contribution in [0.1, 0.15) is 0 Å². The van der Waals surface area contributed by atoms with Crippen LogP contribution in [0.25, 0.3) is 0 Å². The standard InChI is InChI=1S/C5H5N.2H2O/c1-2-4-6-5-3-1;;/h1-5H;2*1H2. The van der Waals surface area contributed by atoms with Gasteiger partial charge < -0.3 is 11.0 Å². The first kappa shape index (κ1) is 10.1. The molecule has 0 aliphatic rings. The van der Waals surface area contributed by atoms with Gasteiger partial charge in [-0.05, 0) is 12.1 Å². The number of hydrogen-bond donors (Lipinski definition) is 0. The molecule has 1 aromatic heterocycles. The molecular weight excluding hydrogens is 106 g/mol. The fourth-order valence-electron chi connectivity index (χ4n) is 0.313. The Morgan fingerprint density at radius 2 is 1.25 bits per heavy atom. The van der Waals surface area contributed by atoms with Crippen molar-refractivity contribution in [3.63, 3.8) is 0 Å². The Balaban J connectivity index is 0. The third-order valence-electron chi connectivity index (χ3n) is 0.566. The quantitative estimate of drug-likeness (QED) is 0.446. The van der Waals surface area contributed by atoms with E-state index in [1.165, 1.54) is 0 Å². The number of hydrogen-bond acceptors (Lipinski definition) is 1. The van der Waals surface area contributed by atoms with Crippen molar-refractivity contribution in [2.75, 3.05) is 0 Å². The second kappa shape index (κ2) is 6.07. The summed E-state index contributed by atoms with van der Waals surface area (Å²) in [5, 5.41) is 0. The van der Waals surface area contributed by atoms with Gasteiger partial charge in [0.1, 0.15) is 0 Å². The van der Waals surface area contributed by atoms with Gasteiger partial charge in [0.2, 0.25) is 0 Å². The van der Waals surface area contributed by atoms with Crippen LogP contribution in [0.3, 0.4) is 0 Å². The minimum Gasteiger partial charge on any atom is -0.412 e. The largest absolute Gasteiger partial charge is 0.412 e. The maximum atomic E-state index is 3.78. The topological polar surface area (TPSA) is 75.9 Å². The second-order valence-corrected chi connectivity index (χ2v) is 1.02. The van der Waals surface area contributed by atoms with E-state index in [4.69, 9.17) is 0 Å². The monoisotopic (exact) mass is 115 g/mol. The molecule has 0 aliphatic heterocycles. The van der Waals surface area contributed by atoms with E-state index in [0.717, 1.165) is 0 Å². The smallest absolute Gasteiger partial charge is 0.0267 e. The average Bonchev–Trinajstić information content (AvgIpc) is 1.72. The third-order valence-corrected chi connectivity index (χ3v) is 0.566. The summed E-state index contributed by atoms with van der Waals surface area (Å²) >= 11 is 0. The van der Waals surface area contributed by atoms with E-state index < -0.39 is 0 Å². The Kier molecular flexibility index (Phi) is 7.69. The summed E-state index contributed by atoms with van der Waals surface area (Å²) in [6.45, 7) is 0. The molecule has 8 heavy (non-hydrogen) atoms. The second-order valence-electron chi connectivity index (χ2n) is 1.02. The molecule has 0 atom stereocenters. The van der Waals surface area contributed by atoms with Crippen molar-refractivity contribution in [1.29, 1.82) is 0 Å². The highest BCUT2D eigenvalue weighted by atomic mass is 16.0. The number of aromatic nitrogens is 1. The lowest BCUT2D eigenvalue weighted by Crippen LogP contribution is -1.58. The molecule has 4 N–H and O–H groups in total. The molecule has 3 heteroatoms. The lowest BCUT2D eigenvalue weighted by Gasteiger charge is -1.70. The highest BCUT2D eigenvalue weighted by Crippen LogP contribution is 1.73. The normalized spacial score (nSPS) is 6.00. The van der Waals surface area contributed by atoms with Crippen LogP contribution in [0.2, 0.25) is 0 Å². The molecule has 0 aromatic carbocycles. The minimum absolute atomic E-state index is 0. The van der Waals surface area contributed by atoms with Crippen molar-refractivity contribution in [3.05, 3.63) is 30.6 Å². The third kappa shape index (κ3) is 3.27. The zero-order valence-corrected chi connectivity index (χ0v) is 4.33. The van der Waals surface area contributed by atoms with E-state index in [-0.39, 0.29) is 11.0 Å². The summed E-state index contributed by atoms with van der Waals surface area (Å²) in [5.74, 6) is 0. The lowest BCUT2D eigenvalue weighted by molar-refractivity contribution is 0.823. The van der Waals surface area contributed by atoms with Crippen LogP contribution < -0.4 is 0 Å². The van der Waals surface area contributed by atoms with E-state index in [2.05, 4.69) is 4.98 Å². The van der Waals surface area contributed by atoms with Crippen molar-refractivity contribution in [1.82, 2.24) is 4.98 Å². The molecule has 0 unspecified atom stereocenters. The van der Waals surface area contributed by atoms with Gasteiger partial charge in [-0.1, -0.05) is 6.07 Å². The molecule has 0 radical (unpaired) electrons. The van der Waals surface area contributed by atoms with E-state index in [9.17, 15) is 0 Å². The first-order chi connectivity index (χ1) is 3.00. The van der Waals surface area contributed by atoms with Crippen molar-refractivity contribution in [2.45, 2.75) is 0 Å². The molecule has 0 saturated carbocycles. The van der Waals surface area contributed by atoms with Crippen LogP contribution in [0.5, 0.6) is 0 Å². The van der Waals surface area contributed by atoms with Crippen molar-refractivity contribution < 1.29 is 11.0 Å². The van der Waals surface area contributed by atoms with E-state index >= 15 is 0 Å². The van der Waals surface area contributed by atoms with Crippen molar-refractivity contribution >= 4 is 0 Å². The maximum absolute atomic E-state index is 3.78. The van der Waals surface area contributed by atoms with Gasteiger partial charge >= 0.3 is 0 Å². The van der Waals surface area contributed by atoms with Crippen LogP contribution >= 0.6 is 0 Å². The van der Waals surface area contributed by atoms with Gasteiger partial charge in [-0.2, -0.15) is 0 Å². The Morgan fingerprint density at radius 3 is 1.38 bits per heavy atom. The molecule has 1 heterocycles. The van der Waals surface area contributed by atoms with Gasteiger partial charge in [-0.15, -0.1) is 0 Å². The Bertz CT molecular complexity index is 82.4. The fourth-order valence-corrected chi connectivity index (χ4v) is 0.313. The highest BCUT2D eigenvalue weighted by molar-refractivity contribution is 4.88. The van der Waals surface area contributed by atoms with Crippen LogP contribution in [0, 0.1) is 0 Å². The Morgan fingerprint density at radius 1 is 0.750 bits per heavy atom. The molecule has 0 saturated heterocycles. The molecule has 1 aromatic rings. The predicted molar refractivity (Wildman–Crippen MR) is 31.5 cm³/mol. The highest BCUT2D eigenvalue weighted by Gasteiger charge is 1.58. The van der Waals surface area contributed by atoms with Crippen LogP contribution in [0.15, 0.2) is 30.6 Å². The van der Waals surface area contributed by atoms with E-state index in [1.54, 1.807) is 12.4 Å². The van der Waals surface area contributed by atoms with Crippen molar-refractivity contribution in [3.8, 4) is 0 Å². The molecule has 0 amide bonds. The molecule has 0 aliphatic carbocycles. The molecule has 0 spiro atoms. The fraction of sp³-hybridized carbons (Fsp3) is 0. The van der Waals surface area contributed by atoms with E-state index in [0.29, 0.717) is 0 Å². The lowest BCUT2D eigenvalue weighted by atomic mass is 10.5. The van der Waals surface area contributed by atoms with Crippen LogP contribution in [-0.2, 0) is 0 Å². The van der Waals surface area contributed by atoms with Crippen molar-refractivity contribution in [2.24, 2.45) is 0 Å². The zero-order chi connectivity index (χ0) is 4.24. The van der Waals surface area contributed by atoms with Crippen LogP contribution in [0.4, 0.5) is 0 Å². The molecule has 3 nitrogen and oxygen atoms in total. The Hall–Kier alpha value is -0.930. The molecular formula is C5H9NO2. The van der Waals surface area contributed by atoms with Crippen LogP contribution in [-0.4, -0.2) is 15.9 Å². The van der Waals surface area contributed by atoms with Gasteiger partial charge in [-0.3, -0.25) is 4.98 Å². The number of pyridine rings is 1. The summed E-state index contributed by atoms with van der Waals surface area (Å²) in [4.78, 5) is 3.78. The summed E-state index contributed by atoms with van der Waals surface area (Å²) in [6, 6.07) is 5.72. The zero-order valence-electron chi connectivity index (χ0n) is 4.33. The first-order valence-corrected chi connectivity index (χ1v) is 1.85. The SMILES string of the molecule is O.O.c1ccncc1. The minimum atomic E-state index is 0. The van der Waals surface area contributed by atoms with Gasteiger partial charge in [-0.25, -0.2) is 0 Å². The average molecular weight is 115 g/mol. The predicted octanol–water partition coefficient (Wildman–Crippen LogP) is -0.568. The first-order valence-electron chi connectivity index (χ1n) is 1.85. The number of rotatable bonds is 0. The summed E-state index contributed by atoms with van der Waals surface area (Å²) in [7, 11) is 0. The van der Waals surface area contributed by atoms with Gasteiger partial charge in [0.05, 0.1) is 0 Å². The van der Waals surface area contributed by atoms with E-state index in [1.807, 2.05) is 18.2 Å². The summed E-state index contributed by atoms with van der Waals surface area (Å²) in [5.41, 5.74) is 0. The molecule has 0 bridgehead atoms. The number of nitrogens with zero attached hydrogens (tertiary/aromatic N) is 1. The van der Waals surface area contributed by atoms with Gasteiger partial charge in [0.15, 0.2) is 0 Å². The Labute approximate surface area is 47.6 Å². The summed E-state index contributed by atoms with van der Waals surface area (Å²) < 4.78 is 0. The van der Waals surface area contributed by atoms with Gasteiger partial charge in [0.25, 0.3) is 0 Å². The molecule has 0 fully saturated rings. The summed E-state index contributed by atoms with van der Waals surface area (Å²) in [6.07, 6.45) is 3.50. The molecule has 46 valence electrons. The molecule has 1 rings (SSSR count). The van der Waals surface area contributed by atoms with Gasteiger partial charge in [0, 0.05) is 12.4 Å².